The molecule has 0 spiro atoms. The average Bonchev–Trinajstić information content (AvgIpc) is 2.64. The molecule has 1 aliphatic carbocycles. The summed E-state index contributed by atoms with van der Waals surface area (Å²) in [4.78, 5) is 0. The fourth-order valence-electron chi connectivity index (χ4n) is 2.85. The summed E-state index contributed by atoms with van der Waals surface area (Å²) < 4.78 is 5.92. The number of nitrogens with one attached hydrogen (secondary N) is 1. The quantitative estimate of drug-likeness (QED) is 0.690. The second kappa shape index (κ2) is 9.09. The van der Waals surface area contributed by atoms with Crippen LogP contribution in [0.1, 0.15) is 30.4 Å². The van der Waals surface area contributed by atoms with Crippen LogP contribution in [-0.4, -0.2) is 6.61 Å². The van der Waals surface area contributed by atoms with Crippen molar-refractivity contribution < 1.29 is 4.74 Å². The van der Waals surface area contributed by atoms with Crippen molar-refractivity contribution in [2.75, 3.05) is 6.61 Å². The number of hydrogen-bond donors (Lipinski definition) is 1. The Labute approximate surface area is 144 Å². The zero-order valence-corrected chi connectivity index (χ0v) is 14.1. The molecule has 0 heterocycles. The van der Waals surface area contributed by atoms with Crippen molar-refractivity contribution >= 4 is 0 Å². The molecule has 2 aromatic carbocycles. The maximum atomic E-state index is 5.92. The normalized spacial score (nSPS) is 13.6. The monoisotopic (exact) mass is 319 g/mol. The standard InChI is InChI=1S/C22H25NO/c1-3-8-19(9-4-1)14-15-24-22-13-7-12-21(16-22)18-23-17-20-10-5-2-6-11-20/h1-3,5-7,9-13,16,23H,4,8,14-15,17-18H2. The summed E-state index contributed by atoms with van der Waals surface area (Å²) >= 11 is 0. The van der Waals surface area contributed by atoms with Crippen LogP contribution in [0.4, 0.5) is 0 Å². The molecule has 1 N–H and O–H groups in total. The molecule has 0 radical (unpaired) electrons. The summed E-state index contributed by atoms with van der Waals surface area (Å²) in [5, 5.41) is 3.48. The highest BCUT2D eigenvalue weighted by Gasteiger charge is 2.01. The minimum atomic E-state index is 0.751. The van der Waals surface area contributed by atoms with Gasteiger partial charge in [0.15, 0.2) is 0 Å². The molecule has 1 aliphatic rings. The molecular weight excluding hydrogens is 294 g/mol. The smallest absolute Gasteiger partial charge is 0.119 e. The summed E-state index contributed by atoms with van der Waals surface area (Å²) in [7, 11) is 0. The lowest BCUT2D eigenvalue weighted by molar-refractivity contribution is 0.320. The molecule has 24 heavy (non-hydrogen) atoms. The second-order valence-corrected chi connectivity index (χ2v) is 6.11. The first-order valence-electron chi connectivity index (χ1n) is 8.69. The number of hydrogen-bond acceptors (Lipinski definition) is 2. The molecule has 0 amide bonds. The van der Waals surface area contributed by atoms with Gasteiger partial charge in [-0.1, -0.05) is 66.3 Å². The van der Waals surface area contributed by atoms with Crippen molar-refractivity contribution in [1.29, 1.82) is 0 Å². The van der Waals surface area contributed by atoms with Gasteiger partial charge < -0.3 is 10.1 Å². The van der Waals surface area contributed by atoms with E-state index in [1.807, 2.05) is 12.1 Å². The Hall–Kier alpha value is -2.32. The lowest BCUT2D eigenvalue weighted by Crippen LogP contribution is -2.12. The number of ether oxygens (including phenoxy) is 1. The van der Waals surface area contributed by atoms with E-state index in [4.69, 9.17) is 4.74 Å². The number of rotatable bonds is 8. The highest BCUT2D eigenvalue weighted by molar-refractivity contribution is 5.28. The lowest BCUT2D eigenvalue weighted by Gasteiger charge is -2.11. The van der Waals surface area contributed by atoms with E-state index in [1.165, 1.54) is 16.7 Å². The first-order valence-corrected chi connectivity index (χ1v) is 8.69. The summed E-state index contributed by atoms with van der Waals surface area (Å²) in [6, 6.07) is 18.8. The van der Waals surface area contributed by atoms with Crippen molar-refractivity contribution in [2.45, 2.75) is 32.4 Å². The Kier molecular flexibility index (Phi) is 6.26. The fraction of sp³-hybridized carbons (Fsp3) is 0.273. The average molecular weight is 319 g/mol. The molecule has 3 rings (SSSR count). The molecule has 0 atom stereocenters. The van der Waals surface area contributed by atoms with Crippen LogP contribution in [0.5, 0.6) is 5.75 Å². The van der Waals surface area contributed by atoms with Gasteiger partial charge in [-0.15, -0.1) is 0 Å². The Bertz CT molecular complexity index is 688. The molecular formula is C22H25NO. The van der Waals surface area contributed by atoms with Crippen molar-refractivity contribution in [3.8, 4) is 5.75 Å². The Morgan fingerprint density at radius 1 is 0.875 bits per heavy atom. The van der Waals surface area contributed by atoms with Gasteiger partial charge in [-0.25, -0.2) is 0 Å². The van der Waals surface area contributed by atoms with E-state index in [2.05, 4.69) is 66.0 Å². The Morgan fingerprint density at radius 2 is 1.71 bits per heavy atom. The first-order chi connectivity index (χ1) is 11.9. The maximum absolute atomic E-state index is 5.92. The van der Waals surface area contributed by atoms with E-state index in [0.717, 1.165) is 44.7 Å². The summed E-state index contributed by atoms with van der Waals surface area (Å²) in [6.07, 6.45) is 9.93. The summed E-state index contributed by atoms with van der Waals surface area (Å²) in [5.41, 5.74) is 4.04. The summed E-state index contributed by atoms with van der Waals surface area (Å²) in [6.45, 7) is 2.48. The molecule has 124 valence electrons. The third-order valence-corrected chi connectivity index (χ3v) is 4.18. The number of benzene rings is 2. The van der Waals surface area contributed by atoms with Gasteiger partial charge >= 0.3 is 0 Å². The van der Waals surface area contributed by atoms with Crippen molar-refractivity contribution in [3.05, 3.63) is 89.5 Å². The molecule has 2 nitrogen and oxygen atoms in total. The fourth-order valence-corrected chi connectivity index (χ4v) is 2.85. The van der Waals surface area contributed by atoms with Gasteiger partial charge in [0, 0.05) is 19.5 Å². The van der Waals surface area contributed by atoms with E-state index in [1.54, 1.807) is 0 Å². The Morgan fingerprint density at radius 3 is 2.54 bits per heavy atom. The van der Waals surface area contributed by atoms with Gasteiger partial charge in [0.05, 0.1) is 6.61 Å². The highest BCUT2D eigenvalue weighted by atomic mass is 16.5. The van der Waals surface area contributed by atoms with Gasteiger partial charge in [-0.05, 0) is 36.1 Å². The van der Waals surface area contributed by atoms with Crippen LogP contribution in [0.25, 0.3) is 0 Å². The minimum Gasteiger partial charge on any atom is -0.493 e. The number of allylic oxidation sites excluding steroid dienone is 3. The SMILES string of the molecule is C1=CCC(CCOc2cccc(CNCc3ccccc3)c2)=CC1. The predicted octanol–water partition coefficient (Wildman–Crippen LogP) is 5.02. The van der Waals surface area contributed by atoms with Gasteiger partial charge in [0.2, 0.25) is 0 Å². The first kappa shape index (κ1) is 16.5. The van der Waals surface area contributed by atoms with Crippen molar-refractivity contribution in [2.24, 2.45) is 0 Å². The van der Waals surface area contributed by atoms with Crippen LogP contribution in [0.3, 0.4) is 0 Å². The topological polar surface area (TPSA) is 21.3 Å². The molecule has 0 aliphatic heterocycles. The molecule has 0 unspecified atom stereocenters. The van der Waals surface area contributed by atoms with E-state index >= 15 is 0 Å². The van der Waals surface area contributed by atoms with Crippen LogP contribution >= 0.6 is 0 Å². The zero-order valence-electron chi connectivity index (χ0n) is 14.1. The van der Waals surface area contributed by atoms with E-state index in [9.17, 15) is 0 Å². The van der Waals surface area contributed by atoms with Gasteiger partial charge in [-0.3, -0.25) is 0 Å². The largest absolute Gasteiger partial charge is 0.493 e. The molecule has 0 bridgehead atoms. The van der Waals surface area contributed by atoms with Gasteiger partial charge in [0.25, 0.3) is 0 Å². The van der Waals surface area contributed by atoms with Crippen molar-refractivity contribution in [3.63, 3.8) is 0 Å². The molecule has 0 fully saturated rings. The summed E-state index contributed by atoms with van der Waals surface area (Å²) in [5.74, 6) is 0.959. The van der Waals surface area contributed by atoms with Gasteiger partial charge in [-0.2, -0.15) is 0 Å². The van der Waals surface area contributed by atoms with Crippen LogP contribution < -0.4 is 10.1 Å². The molecule has 0 saturated heterocycles. The van der Waals surface area contributed by atoms with Crippen molar-refractivity contribution in [1.82, 2.24) is 5.32 Å². The van der Waals surface area contributed by atoms with E-state index in [-0.39, 0.29) is 0 Å². The molecule has 0 saturated carbocycles. The van der Waals surface area contributed by atoms with Crippen LogP contribution in [-0.2, 0) is 13.1 Å². The maximum Gasteiger partial charge on any atom is 0.119 e. The zero-order chi connectivity index (χ0) is 16.5. The third kappa shape index (κ3) is 5.39. The highest BCUT2D eigenvalue weighted by Crippen LogP contribution is 2.17. The van der Waals surface area contributed by atoms with Crippen LogP contribution in [0.2, 0.25) is 0 Å². The van der Waals surface area contributed by atoms with Crippen LogP contribution in [0, 0.1) is 0 Å². The second-order valence-electron chi connectivity index (χ2n) is 6.11. The minimum absolute atomic E-state index is 0.751. The Balaban J connectivity index is 1.42. The van der Waals surface area contributed by atoms with E-state index in [0.29, 0.717) is 0 Å². The van der Waals surface area contributed by atoms with E-state index < -0.39 is 0 Å². The van der Waals surface area contributed by atoms with Crippen LogP contribution in [0.15, 0.2) is 78.4 Å². The predicted molar refractivity (Wildman–Crippen MR) is 100.0 cm³/mol. The van der Waals surface area contributed by atoms with Gasteiger partial charge in [0.1, 0.15) is 5.75 Å². The third-order valence-electron chi connectivity index (χ3n) is 4.18. The molecule has 2 aromatic rings. The lowest BCUT2D eigenvalue weighted by atomic mass is 10.0. The molecule has 0 aromatic heterocycles. The molecule has 2 heteroatoms.